The third kappa shape index (κ3) is 6.92. The number of hydrogen-bond acceptors (Lipinski definition) is 8. The first-order valence-corrected chi connectivity index (χ1v) is 12.7. The Labute approximate surface area is 198 Å². The lowest BCUT2D eigenvalue weighted by Gasteiger charge is -2.34. The molecule has 1 atom stereocenters. The molecule has 0 saturated carbocycles. The van der Waals surface area contributed by atoms with Gasteiger partial charge in [0.1, 0.15) is 17.1 Å². The number of carboxylic acid groups (broad SMARTS) is 1. The first kappa shape index (κ1) is 25.5. The molecule has 0 aliphatic carbocycles. The molecule has 0 aromatic heterocycles. The second-order valence-electron chi connectivity index (χ2n) is 8.35. The normalized spacial score (nSPS) is 15.6. The van der Waals surface area contributed by atoms with Crippen molar-refractivity contribution in [1.82, 2.24) is 5.32 Å². The van der Waals surface area contributed by atoms with Crippen molar-refractivity contribution in [3.63, 3.8) is 0 Å². The van der Waals surface area contributed by atoms with Gasteiger partial charge in [0.05, 0.1) is 6.10 Å². The minimum absolute atomic E-state index is 0.187. The number of phenolic OH excluding ortho intramolecular Hbond substituents is 1. The lowest BCUT2D eigenvalue weighted by atomic mass is 10.0. The second-order valence-corrected chi connectivity index (χ2v) is 10.3. The number of anilines is 2. The van der Waals surface area contributed by atoms with Crippen molar-refractivity contribution in [2.45, 2.75) is 36.3 Å². The number of aliphatic hydroxyl groups excluding tert-OH is 1. The van der Waals surface area contributed by atoms with Crippen molar-refractivity contribution in [2.75, 3.05) is 36.1 Å². The number of carbonyl (C=O) groups is 2. The van der Waals surface area contributed by atoms with Crippen molar-refractivity contribution in [3.8, 4) is 5.75 Å². The average Bonchev–Trinajstić information content (AvgIpc) is 2.77. The lowest BCUT2D eigenvalue weighted by molar-refractivity contribution is -0.139. The number of nitrogens with zero attached hydrogens (tertiary/aromatic N) is 1. The lowest BCUT2D eigenvalue weighted by Crippen LogP contribution is -2.43. The first-order chi connectivity index (χ1) is 16.0. The molecular weight excluding hydrogens is 462 g/mol. The summed E-state index contributed by atoms with van der Waals surface area (Å²) in [5, 5.41) is 34.8. The maximum atomic E-state index is 11.8. The van der Waals surface area contributed by atoms with Crippen LogP contribution in [0.2, 0.25) is 0 Å². The van der Waals surface area contributed by atoms with Crippen LogP contribution in [-0.2, 0) is 19.4 Å². The average molecular weight is 492 g/mol. The van der Waals surface area contributed by atoms with Crippen molar-refractivity contribution in [2.24, 2.45) is 0 Å². The van der Waals surface area contributed by atoms with Gasteiger partial charge >= 0.3 is 5.97 Å². The number of carbonyl (C=O) groups excluding carboxylic acids is 1. The van der Waals surface area contributed by atoms with Crippen LogP contribution in [0.15, 0.2) is 47.4 Å². The molecule has 0 radical (unpaired) electrons. The van der Waals surface area contributed by atoms with Gasteiger partial charge in [-0.25, -0.2) is 8.42 Å². The summed E-state index contributed by atoms with van der Waals surface area (Å²) in [5.74, 6) is -2.09. The van der Waals surface area contributed by atoms with E-state index in [-0.39, 0.29) is 23.2 Å². The zero-order valence-electron chi connectivity index (χ0n) is 18.8. The molecule has 184 valence electrons. The van der Waals surface area contributed by atoms with E-state index < -0.39 is 34.2 Å². The Bertz CT molecular complexity index is 1130. The molecule has 2 aromatic rings. The predicted octanol–water partition coefficient (Wildman–Crippen LogP) is 1.50. The highest BCUT2D eigenvalue weighted by Crippen LogP contribution is 2.27. The zero-order valence-corrected chi connectivity index (χ0v) is 19.6. The van der Waals surface area contributed by atoms with Crippen LogP contribution in [0.25, 0.3) is 0 Å². The Hall–Kier alpha value is -3.15. The number of carboxylic acids is 1. The number of amides is 1. The summed E-state index contributed by atoms with van der Waals surface area (Å²) in [5.41, 5.74) is 1.94. The van der Waals surface area contributed by atoms with Gasteiger partial charge in [0.25, 0.3) is 0 Å². The Morgan fingerprint density at radius 3 is 2.35 bits per heavy atom. The van der Waals surface area contributed by atoms with E-state index in [0.717, 1.165) is 37.9 Å². The summed E-state index contributed by atoms with van der Waals surface area (Å²) in [6.45, 7) is 1.83. The van der Waals surface area contributed by atoms with Crippen LogP contribution in [-0.4, -0.2) is 67.5 Å². The van der Waals surface area contributed by atoms with Crippen LogP contribution in [0, 0.1) is 0 Å². The molecule has 34 heavy (non-hydrogen) atoms. The number of aromatic hydroxyl groups is 1. The van der Waals surface area contributed by atoms with Gasteiger partial charge in [-0.3, -0.25) is 9.59 Å². The monoisotopic (exact) mass is 491 g/mol. The van der Waals surface area contributed by atoms with E-state index in [4.69, 9.17) is 5.11 Å². The van der Waals surface area contributed by atoms with E-state index in [1.807, 2.05) is 12.1 Å². The van der Waals surface area contributed by atoms with E-state index in [1.54, 1.807) is 12.1 Å². The van der Waals surface area contributed by atoms with Crippen molar-refractivity contribution < 1.29 is 33.3 Å². The van der Waals surface area contributed by atoms with Gasteiger partial charge < -0.3 is 30.9 Å². The van der Waals surface area contributed by atoms with Gasteiger partial charge in [0, 0.05) is 43.3 Å². The van der Waals surface area contributed by atoms with E-state index >= 15 is 0 Å². The Morgan fingerprint density at radius 2 is 1.76 bits per heavy atom. The fraction of sp³-hybridized carbons (Fsp3) is 0.391. The van der Waals surface area contributed by atoms with Crippen LogP contribution >= 0.6 is 0 Å². The molecule has 1 aliphatic rings. The molecule has 1 saturated heterocycles. The third-order valence-corrected chi connectivity index (χ3v) is 6.82. The van der Waals surface area contributed by atoms with Gasteiger partial charge in [-0.1, -0.05) is 6.07 Å². The summed E-state index contributed by atoms with van der Waals surface area (Å²) >= 11 is 0. The van der Waals surface area contributed by atoms with E-state index in [1.165, 1.54) is 18.2 Å². The number of phenols is 1. The van der Waals surface area contributed by atoms with Crippen LogP contribution in [0.3, 0.4) is 0 Å². The minimum atomic E-state index is -3.60. The third-order valence-electron chi connectivity index (χ3n) is 5.69. The smallest absolute Gasteiger partial charge is 0.312 e. The highest BCUT2D eigenvalue weighted by molar-refractivity contribution is 7.90. The molecule has 2 aromatic carbocycles. The fourth-order valence-corrected chi connectivity index (χ4v) is 4.67. The van der Waals surface area contributed by atoms with Crippen LogP contribution in [0.1, 0.15) is 30.9 Å². The van der Waals surface area contributed by atoms with Crippen molar-refractivity contribution >= 4 is 33.1 Å². The maximum absolute atomic E-state index is 11.8. The van der Waals surface area contributed by atoms with E-state index in [2.05, 4.69) is 15.5 Å². The molecule has 1 unspecified atom stereocenters. The molecule has 1 heterocycles. The zero-order chi connectivity index (χ0) is 24.9. The van der Waals surface area contributed by atoms with Gasteiger partial charge in [-0.2, -0.15) is 0 Å². The van der Waals surface area contributed by atoms with Crippen LogP contribution in [0.5, 0.6) is 5.75 Å². The Kier molecular flexibility index (Phi) is 8.13. The standard InChI is InChI=1S/C23H29N3O7S/c1-34(32,33)21-12-15(2-7-19(21)27)20(28)14-24-16-8-10-26(11-9-16)18-5-3-17(4-6-18)25-22(29)13-23(30)31/h2-7,12,16,20,24,27-28H,8-11,13-14H2,1H3,(H,25,29)(H,30,31). The number of hydrogen-bond donors (Lipinski definition) is 5. The summed E-state index contributed by atoms with van der Waals surface area (Å²) in [6, 6.07) is 11.5. The topological polar surface area (TPSA) is 156 Å². The molecular formula is C23H29N3O7S. The Morgan fingerprint density at radius 1 is 1.12 bits per heavy atom. The van der Waals surface area contributed by atoms with Gasteiger partial charge in [-0.05, 0) is 54.8 Å². The van der Waals surface area contributed by atoms with E-state index in [0.29, 0.717) is 11.3 Å². The number of aliphatic hydroxyl groups is 1. The number of nitrogens with one attached hydrogen (secondary N) is 2. The maximum Gasteiger partial charge on any atom is 0.312 e. The largest absolute Gasteiger partial charge is 0.507 e. The van der Waals surface area contributed by atoms with Gasteiger partial charge in [0.15, 0.2) is 9.84 Å². The molecule has 1 aliphatic heterocycles. The number of aliphatic carboxylic acids is 1. The summed E-state index contributed by atoms with van der Waals surface area (Å²) < 4.78 is 23.6. The van der Waals surface area contributed by atoms with Gasteiger partial charge in [-0.15, -0.1) is 0 Å². The predicted molar refractivity (Wildman–Crippen MR) is 127 cm³/mol. The molecule has 0 spiro atoms. The fourth-order valence-electron chi connectivity index (χ4n) is 3.87. The van der Waals surface area contributed by atoms with Crippen molar-refractivity contribution in [1.29, 1.82) is 0 Å². The van der Waals surface area contributed by atoms with Crippen LogP contribution in [0.4, 0.5) is 11.4 Å². The number of rotatable bonds is 9. The van der Waals surface area contributed by atoms with Crippen LogP contribution < -0.4 is 15.5 Å². The molecule has 3 rings (SSSR count). The molecule has 11 heteroatoms. The summed E-state index contributed by atoms with van der Waals surface area (Å²) in [7, 11) is -3.60. The summed E-state index contributed by atoms with van der Waals surface area (Å²) in [4.78, 5) is 24.1. The van der Waals surface area contributed by atoms with Gasteiger partial charge in [0.2, 0.25) is 5.91 Å². The van der Waals surface area contributed by atoms with E-state index in [9.17, 15) is 28.2 Å². The summed E-state index contributed by atoms with van der Waals surface area (Å²) in [6.07, 6.45) is 1.20. The SMILES string of the molecule is CS(=O)(=O)c1cc(C(O)CNC2CCN(c3ccc(NC(=O)CC(=O)O)cc3)CC2)ccc1O. The quantitative estimate of drug-likeness (QED) is 0.328. The molecule has 5 N–H and O–H groups in total. The van der Waals surface area contributed by atoms with Crippen molar-refractivity contribution in [3.05, 3.63) is 48.0 Å². The number of benzene rings is 2. The molecule has 1 fully saturated rings. The Balaban J connectivity index is 1.48. The molecule has 0 bridgehead atoms. The number of sulfone groups is 1. The molecule has 1 amide bonds. The minimum Gasteiger partial charge on any atom is -0.507 e. The molecule has 10 nitrogen and oxygen atoms in total. The first-order valence-electron chi connectivity index (χ1n) is 10.8. The second kappa shape index (κ2) is 10.9. The number of piperidine rings is 1. The highest BCUT2D eigenvalue weighted by Gasteiger charge is 2.21. The highest BCUT2D eigenvalue weighted by atomic mass is 32.2.